The van der Waals surface area contributed by atoms with Gasteiger partial charge < -0.3 is 25.3 Å². The van der Waals surface area contributed by atoms with E-state index < -0.39 is 34.7 Å². The van der Waals surface area contributed by atoms with Gasteiger partial charge in [0.2, 0.25) is 5.91 Å². The molecule has 0 atom stereocenters. The van der Waals surface area contributed by atoms with E-state index in [1.165, 1.54) is 0 Å². The number of amides is 2. The molecule has 0 aliphatic carbocycles. The molecular weight excluding hydrogens is 455 g/mol. The molecule has 0 unspecified atom stereocenters. The molecule has 1 aromatic rings. The van der Waals surface area contributed by atoms with Gasteiger partial charge in [-0.25, -0.2) is 0 Å². The Morgan fingerprint density at radius 1 is 1.21 bits per heavy atom. The highest BCUT2D eigenvalue weighted by molar-refractivity contribution is 6.07. The third kappa shape index (κ3) is 9.65. The largest absolute Gasteiger partial charge is 0.511 e. The topological polar surface area (TPSA) is 129 Å². The maximum Gasteiger partial charge on any atom is 0.419 e. The molecule has 0 aromatic heterocycles. The summed E-state index contributed by atoms with van der Waals surface area (Å²) >= 11 is 0. The predicted octanol–water partition coefficient (Wildman–Crippen LogP) is 3.65. The van der Waals surface area contributed by atoms with Gasteiger partial charge in [0.1, 0.15) is 23.9 Å². The number of aliphatic hydroxyl groups excluding tert-OH is 1. The van der Waals surface area contributed by atoms with Crippen molar-refractivity contribution >= 4 is 23.8 Å². The first-order chi connectivity index (χ1) is 16.1. The first-order valence-corrected chi connectivity index (χ1v) is 10.3. The second-order valence-electron chi connectivity index (χ2n) is 6.93. The number of aliphatic hydroxyl groups is 1. The van der Waals surface area contributed by atoms with E-state index in [9.17, 15) is 32.7 Å². The van der Waals surface area contributed by atoms with E-state index in [4.69, 9.17) is 16.4 Å². The molecule has 0 spiro atoms. The third-order valence-electron chi connectivity index (χ3n) is 4.37. The van der Waals surface area contributed by atoms with E-state index in [1.54, 1.807) is 6.07 Å². The van der Waals surface area contributed by atoms with Crippen LogP contribution in [-0.4, -0.2) is 36.4 Å². The van der Waals surface area contributed by atoms with E-state index in [1.807, 2.05) is 0 Å². The summed E-state index contributed by atoms with van der Waals surface area (Å²) in [4.78, 5) is 33.9. The number of carbonyl (C=O) groups excluding carboxylic acids is 3. The Morgan fingerprint density at radius 3 is 2.56 bits per heavy atom. The molecular formula is C23H24F3N3O5. The molecule has 182 valence electrons. The number of ether oxygens (including phenoxy) is 1. The van der Waals surface area contributed by atoms with Gasteiger partial charge in [-0.15, -0.1) is 12.3 Å². The van der Waals surface area contributed by atoms with Crippen LogP contribution in [-0.2, 0) is 20.6 Å². The Bertz CT molecular complexity index is 991. The third-order valence-corrected chi connectivity index (χ3v) is 4.37. The van der Waals surface area contributed by atoms with Gasteiger partial charge in [0.15, 0.2) is 5.57 Å². The van der Waals surface area contributed by atoms with Crippen LogP contribution < -0.4 is 15.4 Å². The van der Waals surface area contributed by atoms with Crippen LogP contribution in [0.25, 0.3) is 0 Å². The molecule has 3 N–H and O–H groups in total. The van der Waals surface area contributed by atoms with Crippen LogP contribution >= 0.6 is 0 Å². The number of aldehydes is 1. The molecule has 2 amide bonds. The van der Waals surface area contributed by atoms with Crippen LogP contribution in [0.15, 0.2) is 29.5 Å². The maximum absolute atomic E-state index is 13.3. The van der Waals surface area contributed by atoms with Gasteiger partial charge >= 0.3 is 6.18 Å². The summed E-state index contributed by atoms with van der Waals surface area (Å²) in [6.07, 6.45) is 2.40. The smallest absolute Gasteiger partial charge is 0.419 e. The molecule has 0 aliphatic rings. The van der Waals surface area contributed by atoms with Crippen LogP contribution in [0.1, 0.15) is 44.1 Å². The number of carbonyl (C=O) groups is 3. The van der Waals surface area contributed by atoms with Crippen molar-refractivity contribution in [3.63, 3.8) is 0 Å². The second kappa shape index (κ2) is 14.2. The Morgan fingerprint density at radius 2 is 1.94 bits per heavy atom. The van der Waals surface area contributed by atoms with Crippen molar-refractivity contribution in [1.29, 1.82) is 5.26 Å². The molecule has 1 aromatic carbocycles. The monoisotopic (exact) mass is 479 g/mol. The number of terminal acetylenes is 1. The lowest BCUT2D eigenvalue weighted by molar-refractivity contribution is -0.139. The minimum absolute atomic E-state index is 0.0719. The van der Waals surface area contributed by atoms with Gasteiger partial charge in [0.25, 0.3) is 5.91 Å². The molecule has 0 heterocycles. The Kier molecular flexibility index (Phi) is 11.7. The number of alkyl halides is 3. The Labute approximate surface area is 194 Å². The fourth-order valence-corrected chi connectivity index (χ4v) is 2.70. The molecule has 8 nitrogen and oxygen atoms in total. The van der Waals surface area contributed by atoms with Crippen molar-refractivity contribution in [2.45, 2.75) is 44.7 Å². The Balaban J connectivity index is 2.82. The summed E-state index contributed by atoms with van der Waals surface area (Å²) in [7, 11) is 0. The van der Waals surface area contributed by atoms with E-state index in [0.29, 0.717) is 25.5 Å². The fraction of sp³-hybridized carbons (Fsp3) is 0.391. The fourth-order valence-electron chi connectivity index (χ4n) is 2.70. The minimum Gasteiger partial charge on any atom is -0.511 e. The average Bonchev–Trinajstić information content (AvgIpc) is 2.78. The van der Waals surface area contributed by atoms with E-state index in [2.05, 4.69) is 16.6 Å². The normalized spacial score (nSPS) is 11.4. The lowest BCUT2D eigenvalue weighted by atomic mass is 10.1. The number of nitriles is 1. The summed E-state index contributed by atoms with van der Waals surface area (Å²) in [5, 5.41) is 23.6. The zero-order chi connectivity index (χ0) is 25.6. The first-order valence-electron chi connectivity index (χ1n) is 10.3. The lowest BCUT2D eigenvalue weighted by Crippen LogP contribution is -2.24. The zero-order valence-electron chi connectivity index (χ0n) is 18.2. The second-order valence-corrected chi connectivity index (χ2v) is 6.93. The number of hydrogen-bond donors (Lipinski definition) is 3. The summed E-state index contributed by atoms with van der Waals surface area (Å²) in [6, 6.07) is 4.25. The highest BCUT2D eigenvalue weighted by Crippen LogP contribution is 2.38. The molecule has 0 fully saturated rings. The maximum atomic E-state index is 13.3. The quantitative estimate of drug-likeness (QED) is 0.0990. The van der Waals surface area contributed by atoms with Crippen molar-refractivity contribution in [1.82, 2.24) is 5.32 Å². The molecule has 0 radical (unpaired) electrons. The molecule has 1 rings (SSSR count). The molecule has 11 heteroatoms. The number of rotatable bonds is 13. The number of nitrogens with zero attached hydrogens (tertiary/aromatic N) is 1. The molecule has 0 saturated carbocycles. The Hall–Kier alpha value is -3.99. The molecule has 0 saturated heterocycles. The van der Waals surface area contributed by atoms with Gasteiger partial charge in [0, 0.05) is 31.0 Å². The predicted molar refractivity (Wildman–Crippen MR) is 116 cm³/mol. The summed E-state index contributed by atoms with van der Waals surface area (Å²) in [6.45, 7) is -0.155. The van der Waals surface area contributed by atoms with E-state index in [0.717, 1.165) is 18.2 Å². The highest BCUT2D eigenvalue weighted by atomic mass is 19.4. The van der Waals surface area contributed by atoms with E-state index >= 15 is 0 Å². The molecule has 34 heavy (non-hydrogen) atoms. The van der Waals surface area contributed by atoms with Crippen LogP contribution in [0.5, 0.6) is 5.75 Å². The number of benzene rings is 1. The first kappa shape index (κ1) is 28.0. The van der Waals surface area contributed by atoms with Crippen LogP contribution in [0.2, 0.25) is 0 Å². The van der Waals surface area contributed by atoms with Crippen LogP contribution in [0, 0.1) is 23.7 Å². The summed E-state index contributed by atoms with van der Waals surface area (Å²) in [5.74, 6) is -0.101. The van der Waals surface area contributed by atoms with Gasteiger partial charge in [-0.1, -0.05) is 0 Å². The number of unbranched alkanes of at least 4 members (excludes halogenated alkanes) is 2. The standard InChI is InChI=1S/C23H24F3N3O5/c1-2-3-7-19(31)17(15-27)22(33)29-16-9-10-18(23(24,25)26)20(14-16)34-13-6-4-5-8-21(32)28-11-12-30/h1,9-10,12,14,31H,3-8,11,13H2,(H,28,32)(H,29,33)/b19-17-. The van der Waals surface area contributed by atoms with Crippen molar-refractivity contribution in [3.8, 4) is 24.2 Å². The van der Waals surface area contributed by atoms with Crippen LogP contribution in [0.4, 0.5) is 18.9 Å². The zero-order valence-corrected chi connectivity index (χ0v) is 18.2. The minimum atomic E-state index is -4.71. The van der Waals surface area contributed by atoms with Gasteiger partial charge in [-0.2, -0.15) is 18.4 Å². The summed E-state index contributed by atoms with van der Waals surface area (Å²) < 4.78 is 45.3. The molecule has 0 aliphatic heterocycles. The van der Waals surface area contributed by atoms with Gasteiger partial charge in [-0.3, -0.25) is 9.59 Å². The van der Waals surface area contributed by atoms with Crippen LogP contribution in [0.3, 0.4) is 0 Å². The number of allylic oxidation sites excluding steroid dienone is 1. The van der Waals surface area contributed by atoms with Crippen molar-refractivity contribution in [3.05, 3.63) is 35.1 Å². The summed E-state index contributed by atoms with van der Waals surface area (Å²) in [5.41, 5.74) is -1.72. The number of hydrogen-bond acceptors (Lipinski definition) is 6. The van der Waals surface area contributed by atoms with Gasteiger partial charge in [-0.05, 0) is 31.4 Å². The highest BCUT2D eigenvalue weighted by Gasteiger charge is 2.34. The van der Waals surface area contributed by atoms with Crippen molar-refractivity contribution in [2.24, 2.45) is 0 Å². The van der Waals surface area contributed by atoms with E-state index in [-0.39, 0.29) is 44.0 Å². The van der Waals surface area contributed by atoms with Gasteiger partial charge in [0.05, 0.1) is 18.7 Å². The SMILES string of the molecule is C#CCC/C(O)=C(\C#N)C(=O)Nc1ccc(C(F)(F)F)c(OCCCCCC(=O)NCC=O)c1. The lowest BCUT2D eigenvalue weighted by Gasteiger charge is -2.16. The van der Waals surface area contributed by atoms with Crippen molar-refractivity contribution in [2.75, 3.05) is 18.5 Å². The average molecular weight is 479 g/mol. The van der Waals surface area contributed by atoms with Crippen molar-refractivity contribution < 1.29 is 37.4 Å². The number of halogens is 3. The number of nitrogens with one attached hydrogen (secondary N) is 2. The molecule has 0 bridgehead atoms. The number of anilines is 1.